The van der Waals surface area contributed by atoms with Crippen molar-refractivity contribution >= 4 is 70.3 Å². The van der Waals surface area contributed by atoms with Crippen LogP contribution in [0.3, 0.4) is 0 Å². The van der Waals surface area contributed by atoms with Gasteiger partial charge in [0.2, 0.25) is 0 Å². The highest BCUT2D eigenvalue weighted by Gasteiger charge is 2.48. The number of hydrogen-bond donors (Lipinski definition) is 0. The van der Waals surface area contributed by atoms with Gasteiger partial charge >= 0.3 is 49.4 Å². The minimum atomic E-state index is -5.57. The van der Waals surface area contributed by atoms with Gasteiger partial charge in [-0.15, -0.1) is 22.7 Å². The van der Waals surface area contributed by atoms with Crippen molar-refractivity contribution in [2.24, 2.45) is 0 Å². The maximum Gasteiger partial charge on any atom is 0.416 e. The van der Waals surface area contributed by atoms with Gasteiger partial charge in [-0.1, -0.05) is 0 Å². The maximum absolute atomic E-state index is 14.5. The van der Waals surface area contributed by atoms with E-state index >= 15 is 0 Å². The molecule has 4 atom stereocenters. The number of ether oxygens (including phenoxy) is 3. The number of hydrogen-bond acceptors (Lipinski definition) is 5. The standard InChI is InChI=1S/C52H36F24O3P2S2/c1-21-41(43(23(3)82-21)80(33-9-25(45(53,54)55)5-26(10-33)46(56,57)58)34-11-27(47(59,60)61)6-28(12-34)48(62,63)64)37-17-77-19-39(37)79-40-20-78-18-38(40)42-22(2)83-24(4)44(42)81(35-13-29(49(65,66)67)7-30(14-35)50(68,69)70)36-15-31(51(71,72)73)8-32(16-36)52(74,75)76/h5-16,37-40H,17-20H2,1-4H3/t37-,38-,39-,40-/m0/s1. The van der Waals surface area contributed by atoms with Gasteiger partial charge in [0.15, 0.2) is 0 Å². The van der Waals surface area contributed by atoms with Crippen LogP contribution in [0.15, 0.2) is 72.8 Å². The van der Waals surface area contributed by atoms with E-state index in [-0.39, 0.29) is 114 Å². The Kier molecular flexibility index (Phi) is 17.2. The van der Waals surface area contributed by atoms with Crippen LogP contribution in [0.2, 0.25) is 0 Å². The van der Waals surface area contributed by atoms with Gasteiger partial charge in [0.05, 0.1) is 83.1 Å². The van der Waals surface area contributed by atoms with Gasteiger partial charge in [0.1, 0.15) is 0 Å². The highest BCUT2D eigenvalue weighted by atomic mass is 32.1. The molecule has 31 heteroatoms. The molecule has 0 bridgehead atoms. The summed E-state index contributed by atoms with van der Waals surface area (Å²) in [7, 11) is -6.63. The zero-order chi connectivity index (χ0) is 61.9. The van der Waals surface area contributed by atoms with E-state index in [4.69, 9.17) is 14.2 Å². The highest BCUT2D eigenvalue weighted by Crippen LogP contribution is 2.51. The summed E-state index contributed by atoms with van der Waals surface area (Å²) in [4.78, 5) is 0.356. The molecule has 0 saturated carbocycles. The van der Waals surface area contributed by atoms with Crippen molar-refractivity contribution in [3.05, 3.63) is 148 Å². The van der Waals surface area contributed by atoms with Crippen LogP contribution >= 0.6 is 38.5 Å². The second-order valence-corrected chi connectivity index (χ2v) is 26.3. The lowest BCUT2D eigenvalue weighted by Gasteiger charge is -2.30. The Morgan fingerprint density at radius 2 is 0.530 bits per heavy atom. The third kappa shape index (κ3) is 13.6. The fourth-order valence-corrected chi connectivity index (χ4v) is 18.6. The Morgan fingerprint density at radius 3 is 0.723 bits per heavy atom. The van der Waals surface area contributed by atoms with Crippen molar-refractivity contribution in [2.45, 2.75) is 101 Å². The highest BCUT2D eigenvalue weighted by molar-refractivity contribution is 7.80. The normalized spacial score (nSPS) is 19.1. The third-order valence-corrected chi connectivity index (χ3v) is 21.0. The molecule has 0 radical (unpaired) electrons. The summed E-state index contributed by atoms with van der Waals surface area (Å²) in [6.07, 6.45) is -47.3. The molecule has 4 heterocycles. The van der Waals surface area contributed by atoms with E-state index in [0.717, 1.165) is 22.7 Å². The average Bonchev–Trinajstić information content (AvgIpc) is 2.51. The molecule has 0 amide bonds. The molecule has 0 unspecified atom stereocenters. The van der Waals surface area contributed by atoms with Crippen molar-refractivity contribution in [3.8, 4) is 0 Å². The largest absolute Gasteiger partial charge is 0.416 e. The van der Waals surface area contributed by atoms with Crippen molar-refractivity contribution in [1.82, 2.24) is 0 Å². The van der Waals surface area contributed by atoms with E-state index in [1.54, 1.807) is 0 Å². The van der Waals surface area contributed by atoms with Crippen molar-refractivity contribution in [1.29, 1.82) is 0 Å². The average molecular weight is 1290 g/mol. The molecule has 2 fully saturated rings. The first-order chi connectivity index (χ1) is 37.8. The van der Waals surface area contributed by atoms with Crippen LogP contribution in [0, 0.1) is 27.7 Å². The molecule has 4 aromatic carbocycles. The molecule has 2 aromatic heterocycles. The third-order valence-electron chi connectivity index (χ3n) is 13.5. The van der Waals surface area contributed by atoms with E-state index in [2.05, 4.69) is 0 Å². The Hall–Kier alpha value is -4.66. The molecule has 452 valence electrons. The van der Waals surface area contributed by atoms with Crippen LogP contribution in [0.25, 0.3) is 0 Å². The van der Waals surface area contributed by atoms with Crippen LogP contribution in [0.5, 0.6) is 0 Å². The minimum Gasteiger partial charge on any atom is -0.378 e. The van der Waals surface area contributed by atoms with Crippen molar-refractivity contribution in [2.75, 3.05) is 26.4 Å². The molecule has 6 aromatic rings. The first-order valence-corrected chi connectivity index (χ1v) is 27.9. The van der Waals surface area contributed by atoms with Crippen molar-refractivity contribution in [3.63, 3.8) is 0 Å². The van der Waals surface area contributed by atoms with Gasteiger partial charge in [0, 0.05) is 42.0 Å². The van der Waals surface area contributed by atoms with E-state index in [1.807, 2.05) is 0 Å². The number of alkyl halides is 24. The summed E-state index contributed by atoms with van der Waals surface area (Å²) in [5, 5.41) is -4.54. The molecular formula is C52H36F24O3P2S2. The van der Waals surface area contributed by atoms with Gasteiger partial charge in [-0.2, -0.15) is 105 Å². The number of halogens is 24. The molecule has 8 rings (SSSR count). The first kappa shape index (κ1) is 64.3. The summed E-state index contributed by atoms with van der Waals surface area (Å²) >= 11 is 1.62. The summed E-state index contributed by atoms with van der Waals surface area (Å²) in [6, 6.07) is 0.218. The number of aryl methyl sites for hydroxylation is 4. The number of benzene rings is 4. The van der Waals surface area contributed by atoms with Crippen LogP contribution < -0.4 is 31.8 Å². The Labute approximate surface area is 464 Å². The molecule has 2 aliphatic heterocycles. The lowest BCUT2D eigenvalue weighted by molar-refractivity contribution is -0.144. The molecule has 0 spiro atoms. The van der Waals surface area contributed by atoms with Crippen LogP contribution in [0.1, 0.15) is 87.0 Å². The maximum atomic E-state index is 14.5. The van der Waals surface area contributed by atoms with E-state index in [1.165, 1.54) is 27.7 Å². The van der Waals surface area contributed by atoms with Crippen LogP contribution in [0.4, 0.5) is 105 Å². The van der Waals surface area contributed by atoms with E-state index in [0.29, 0.717) is 0 Å². The zero-order valence-electron chi connectivity index (χ0n) is 42.1. The Balaban J connectivity index is 1.31. The molecule has 2 saturated heterocycles. The Bertz CT molecular complexity index is 2900. The number of rotatable bonds is 10. The lowest BCUT2D eigenvalue weighted by atomic mass is 9.93. The van der Waals surface area contributed by atoms with E-state index < -0.39 is 181 Å². The quantitative estimate of drug-likeness (QED) is 0.101. The summed E-state index contributed by atoms with van der Waals surface area (Å²) in [6.45, 7) is 3.46. The monoisotopic (exact) mass is 1290 g/mol. The fraction of sp³-hybridized carbons (Fsp3) is 0.385. The zero-order valence-corrected chi connectivity index (χ0v) is 45.5. The van der Waals surface area contributed by atoms with Crippen LogP contribution in [-0.2, 0) is 63.6 Å². The summed E-state index contributed by atoms with van der Waals surface area (Å²) in [5.74, 6) is -2.50. The van der Waals surface area contributed by atoms with Crippen LogP contribution in [-0.4, -0.2) is 38.6 Å². The predicted octanol–water partition coefficient (Wildman–Crippen LogP) is 16.4. The predicted molar refractivity (Wildman–Crippen MR) is 261 cm³/mol. The summed E-state index contributed by atoms with van der Waals surface area (Å²) < 4.78 is 366. The van der Waals surface area contributed by atoms with Gasteiger partial charge in [-0.25, -0.2) is 0 Å². The summed E-state index contributed by atoms with van der Waals surface area (Å²) in [5.41, 5.74) is -15.8. The second-order valence-electron chi connectivity index (χ2n) is 19.2. The number of thiophene rings is 2. The topological polar surface area (TPSA) is 27.7 Å². The minimum absolute atomic E-state index is 0.00203. The smallest absolute Gasteiger partial charge is 0.378 e. The molecular weight excluding hydrogens is 1250 g/mol. The van der Waals surface area contributed by atoms with Crippen molar-refractivity contribution < 1.29 is 120 Å². The molecule has 83 heavy (non-hydrogen) atoms. The Morgan fingerprint density at radius 1 is 0.325 bits per heavy atom. The molecule has 2 aliphatic rings. The second kappa shape index (κ2) is 22.2. The van der Waals surface area contributed by atoms with E-state index in [9.17, 15) is 105 Å². The molecule has 0 N–H and O–H groups in total. The van der Waals surface area contributed by atoms with Gasteiger partial charge < -0.3 is 14.2 Å². The van der Waals surface area contributed by atoms with Gasteiger partial charge in [-0.05, 0) is 149 Å². The van der Waals surface area contributed by atoms with Gasteiger partial charge in [-0.3, -0.25) is 0 Å². The SMILES string of the molecule is Cc1sc(C)c(P(c2cc(C(F)(F)F)cc(C(F)(F)F)c2)c2cc(C(F)(F)F)cc(C(F)(F)F)c2)c1[C@H]1COC[C@@H]1O[C@H]1COC[C@@H]1c1c(C)sc(C)c1P(c1cc(C(F)(F)F)cc(C(F)(F)F)c1)c1cc(C(F)(F)F)cc(C(F)(F)F)c1. The first-order valence-electron chi connectivity index (χ1n) is 23.6. The molecule has 0 aliphatic carbocycles. The van der Waals surface area contributed by atoms with Gasteiger partial charge in [0.25, 0.3) is 0 Å². The molecule has 3 nitrogen and oxygen atoms in total. The fourth-order valence-electron chi connectivity index (χ4n) is 9.99. The lowest BCUT2D eigenvalue weighted by Crippen LogP contribution is -2.35.